The van der Waals surface area contributed by atoms with Crippen LogP contribution in [0, 0.1) is 0 Å². The van der Waals surface area contributed by atoms with Crippen LogP contribution >= 0.6 is 0 Å². The molecule has 4 heteroatoms. The van der Waals surface area contributed by atoms with Gasteiger partial charge in [0.25, 0.3) is 0 Å². The lowest BCUT2D eigenvalue weighted by Gasteiger charge is -2.13. The molecular formula is C10H15N3O. The molecule has 4 nitrogen and oxygen atoms in total. The van der Waals surface area contributed by atoms with Gasteiger partial charge in [-0.05, 0) is 19.1 Å². The molecule has 2 rings (SSSR count). The quantitative estimate of drug-likeness (QED) is 0.745. The van der Waals surface area contributed by atoms with E-state index in [9.17, 15) is 0 Å². The molecule has 0 fully saturated rings. The van der Waals surface area contributed by atoms with Gasteiger partial charge in [-0.2, -0.15) is 0 Å². The van der Waals surface area contributed by atoms with Gasteiger partial charge >= 0.3 is 0 Å². The Balaban J connectivity index is 1.81. The van der Waals surface area contributed by atoms with Crippen LogP contribution in [-0.2, 0) is 6.42 Å². The highest BCUT2D eigenvalue weighted by Crippen LogP contribution is 2.03. The van der Waals surface area contributed by atoms with E-state index in [4.69, 9.17) is 4.42 Å². The molecule has 0 bridgehead atoms. The minimum absolute atomic E-state index is 0.338. The molecule has 0 aromatic carbocycles. The Morgan fingerprint density at radius 2 is 2.64 bits per heavy atom. The van der Waals surface area contributed by atoms with Crippen LogP contribution in [0.2, 0.25) is 0 Å². The number of guanidine groups is 1. The maximum Gasteiger partial charge on any atom is 0.191 e. The maximum absolute atomic E-state index is 5.27. The van der Waals surface area contributed by atoms with Gasteiger partial charge in [0.05, 0.1) is 12.8 Å². The molecule has 2 heterocycles. The van der Waals surface area contributed by atoms with Crippen molar-refractivity contribution < 1.29 is 4.42 Å². The number of hydrogen-bond donors (Lipinski definition) is 2. The van der Waals surface area contributed by atoms with Gasteiger partial charge in [0, 0.05) is 19.0 Å². The molecule has 1 unspecified atom stereocenters. The molecule has 2 N–H and O–H groups in total. The van der Waals surface area contributed by atoms with Crippen LogP contribution in [0.15, 0.2) is 27.8 Å². The largest absolute Gasteiger partial charge is 0.469 e. The zero-order valence-electron chi connectivity index (χ0n) is 8.29. The third kappa shape index (κ3) is 2.28. The van der Waals surface area contributed by atoms with Gasteiger partial charge in [0.15, 0.2) is 5.96 Å². The number of nitrogens with zero attached hydrogens (tertiary/aromatic N) is 1. The van der Waals surface area contributed by atoms with Crippen molar-refractivity contribution in [3.63, 3.8) is 0 Å². The summed E-state index contributed by atoms with van der Waals surface area (Å²) < 4.78 is 5.27. The molecule has 0 amide bonds. The molecule has 0 spiro atoms. The highest BCUT2D eigenvalue weighted by atomic mass is 16.3. The van der Waals surface area contributed by atoms with Gasteiger partial charge in [0.1, 0.15) is 5.76 Å². The summed E-state index contributed by atoms with van der Waals surface area (Å²) in [4.78, 5) is 4.27. The highest BCUT2D eigenvalue weighted by Gasteiger charge is 2.10. The van der Waals surface area contributed by atoms with Crippen molar-refractivity contribution in [2.24, 2.45) is 4.99 Å². The van der Waals surface area contributed by atoms with Crippen molar-refractivity contribution in [1.29, 1.82) is 0 Å². The van der Waals surface area contributed by atoms with Gasteiger partial charge in [-0.3, -0.25) is 4.99 Å². The van der Waals surface area contributed by atoms with Crippen molar-refractivity contribution in [2.45, 2.75) is 19.4 Å². The van der Waals surface area contributed by atoms with Crippen LogP contribution in [-0.4, -0.2) is 25.1 Å². The highest BCUT2D eigenvalue weighted by molar-refractivity contribution is 5.81. The molecule has 1 aliphatic heterocycles. The minimum Gasteiger partial charge on any atom is -0.469 e. The lowest BCUT2D eigenvalue weighted by Crippen LogP contribution is -2.40. The third-order valence-corrected chi connectivity index (χ3v) is 2.14. The molecule has 1 atom stereocenters. The van der Waals surface area contributed by atoms with Crippen LogP contribution in [0.4, 0.5) is 0 Å². The zero-order chi connectivity index (χ0) is 9.80. The van der Waals surface area contributed by atoms with E-state index in [1.807, 2.05) is 12.1 Å². The topological polar surface area (TPSA) is 49.6 Å². The fourth-order valence-electron chi connectivity index (χ4n) is 1.51. The number of hydrogen-bond acceptors (Lipinski definition) is 4. The lowest BCUT2D eigenvalue weighted by atomic mass is 10.2. The summed E-state index contributed by atoms with van der Waals surface area (Å²) in [5, 5.41) is 6.47. The number of aliphatic imine (C=N–C) groups is 1. The summed E-state index contributed by atoms with van der Waals surface area (Å²) in [7, 11) is 0. The van der Waals surface area contributed by atoms with E-state index in [1.54, 1.807) is 6.26 Å². The van der Waals surface area contributed by atoms with Gasteiger partial charge < -0.3 is 15.1 Å². The molecular weight excluding hydrogens is 178 g/mol. The number of furan rings is 1. The summed E-state index contributed by atoms with van der Waals surface area (Å²) in [6.07, 6.45) is 2.58. The van der Waals surface area contributed by atoms with Crippen LogP contribution in [0.1, 0.15) is 12.7 Å². The van der Waals surface area contributed by atoms with Gasteiger partial charge in [-0.1, -0.05) is 0 Å². The fourth-order valence-corrected chi connectivity index (χ4v) is 1.51. The molecule has 0 radical (unpaired) electrons. The van der Waals surface area contributed by atoms with Crippen molar-refractivity contribution in [1.82, 2.24) is 10.6 Å². The Morgan fingerprint density at radius 1 is 1.71 bits per heavy atom. The van der Waals surface area contributed by atoms with Crippen molar-refractivity contribution >= 4 is 5.96 Å². The maximum atomic E-state index is 5.27. The molecule has 1 aromatic heterocycles. The standard InChI is InChI=1S/C10H15N3O/c1-8(7-9-3-2-6-14-9)13-10-11-4-5-12-10/h2-3,6,8H,4-5,7H2,1H3,(H2,11,12,13). The molecule has 0 saturated heterocycles. The first-order valence-corrected chi connectivity index (χ1v) is 4.92. The van der Waals surface area contributed by atoms with E-state index in [-0.39, 0.29) is 0 Å². The summed E-state index contributed by atoms with van der Waals surface area (Å²) in [6, 6.07) is 4.24. The predicted molar refractivity (Wildman–Crippen MR) is 55.3 cm³/mol. The average Bonchev–Trinajstić information content (AvgIpc) is 2.76. The van der Waals surface area contributed by atoms with Crippen molar-refractivity contribution in [2.75, 3.05) is 13.1 Å². The number of rotatable bonds is 3. The first-order valence-electron chi connectivity index (χ1n) is 4.92. The van der Waals surface area contributed by atoms with Gasteiger partial charge in [0.2, 0.25) is 0 Å². The Bertz CT molecular complexity index is 305. The second-order valence-electron chi connectivity index (χ2n) is 3.49. The van der Waals surface area contributed by atoms with Crippen molar-refractivity contribution in [3.8, 4) is 0 Å². The molecule has 0 saturated carbocycles. The van der Waals surface area contributed by atoms with Gasteiger partial charge in [-0.15, -0.1) is 0 Å². The Morgan fingerprint density at radius 3 is 3.29 bits per heavy atom. The SMILES string of the molecule is CC(Cc1ccco1)NC1=NCCN1. The summed E-state index contributed by atoms with van der Waals surface area (Å²) in [6.45, 7) is 3.93. The fraction of sp³-hybridized carbons (Fsp3) is 0.500. The van der Waals surface area contributed by atoms with E-state index in [1.165, 1.54) is 0 Å². The molecule has 1 aromatic rings. The van der Waals surface area contributed by atoms with Crippen LogP contribution in [0.25, 0.3) is 0 Å². The normalized spacial score (nSPS) is 17.4. The molecule has 76 valence electrons. The average molecular weight is 193 g/mol. The van der Waals surface area contributed by atoms with E-state index in [0.29, 0.717) is 6.04 Å². The smallest absolute Gasteiger partial charge is 0.191 e. The number of nitrogens with one attached hydrogen (secondary N) is 2. The van der Waals surface area contributed by atoms with E-state index in [2.05, 4.69) is 22.5 Å². The molecule has 1 aliphatic rings. The van der Waals surface area contributed by atoms with Crippen LogP contribution in [0.3, 0.4) is 0 Å². The summed E-state index contributed by atoms with van der Waals surface area (Å²) in [5.74, 6) is 1.91. The second-order valence-corrected chi connectivity index (χ2v) is 3.49. The zero-order valence-corrected chi connectivity index (χ0v) is 8.29. The van der Waals surface area contributed by atoms with Crippen LogP contribution in [0.5, 0.6) is 0 Å². The molecule has 14 heavy (non-hydrogen) atoms. The van der Waals surface area contributed by atoms with Crippen molar-refractivity contribution in [3.05, 3.63) is 24.2 Å². The lowest BCUT2D eigenvalue weighted by molar-refractivity contribution is 0.481. The second kappa shape index (κ2) is 4.17. The third-order valence-electron chi connectivity index (χ3n) is 2.14. The summed E-state index contributed by atoms with van der Waals surface area (Å²) in [5.41, 5.74) is 0. The van der Waals surface area contributed by atoms with E-state index in [0.717, 1.165) is 31.2 Å². The van der Waals surface area contributed by atoms with Crippen LogP contribution < -0.4 is 10.6 Å². The van der Waals surface area contributed by atoms with Gasteiger partial charge in [-0.25, -0.2) is 0 Å². The monoisotopic (exact) mass is 193 g/mol. The first kappa shape index (κ1) is 9.12. The minimum atomic E-state index is 0.338. The first-order chi connectivity index (χ1) is 6.84. The van der Waals surface area contributed by atoms with E-state index < -0.39 is 0 Å². The van der Waals surface area contributed by atoms with E-state index >= 15 is 0 Å². The Kier molecular flexibility index (Phi) is 2.72. The predicted octanol–water partition coefficient (Wildman–Crippen LogP) is 0.759. The Hall–Kier alpha value is -1.45. The molecule has 0 aliphatic carbocycles. The Labute approximate surface area is 83.4 Å². The summed E-state index contributed by atoms with van der Waals surface area (Å²) >= 11 is 0.